The summed E-state index contributed by atoms with van der Waals surface area (Å²) in [6.45, 7) is 0.657. The summed E-state index contributed by atoms with van der Waals surface area (Å²) < 4.78 is 27.3. The summed E-state index contributed by atoms with van der Waals surface area (Å²) >= 11 is 3.47. The van der Waals surface area contributed by atoms with Crippen LogP contribution in [0, 0.1) is 5.82 Å². The summed E-state index contributed by atoms with van der Waals surface area (Å²) in [5.41, 5.74) is 16.2. The van der Waals surface area contributed by atoms with Gasteiger partial charge >= 0.3 is 0 Å². The van der Waals surface area contributed by atoms with Gasteiger partial charge in [-0.2, -0.15) is 0 Å². The van der Waals surface area contributed by atoms with Gasteiger partial charge in [-0.15, -0.1) is 0 Å². The van der Waals surface area contributed by atoms with Crippen molar-refractivity contribution in [3.05, 3.63) is 140 Å². The maximum atomic E-state index is 14.4. The van der Waals surface area contributed by atoms with E-state index in [0.29, 0.717) is 47.6 Å². The highest BCUT2D eigenvalue weighted by Gasteiger charge is 2.54. The van der Waals surface area contributed by atoms with Crippen molar-refractivity contribution in [3.63, 3.8) is 0 Å². The van der Waals surface area contributed by atoms with E-state index in [1.165, 1.54) is 6.07 Å². The average molecular weight is 688 g/mol. The molecule has 0 radical (unpaired) electrons. The first-order valence-corrected chi connectivity index (χ1v) is 15.5. The van der Waals surface area contributed by atoms with Crippen molar-refractivity contribution in [2.75, 3.05) is 19.8 Å². The lowest BCUT2D eigenvalue weighted by atomic mass is 9.81. The summed E-state index contributed by atoms with van der Waals surface area (Å²) in [7, 11) is 0. The second-order valence-corrected chi connectivity index (χ2v) is 11.5. The number of hydrazine groups is 1. The molecule has 4 aromatic rings. The second kappa shape index (κ2) is 15.5. The van der Waals surface area contributed by atoms with Crippen molar-refractivity contribution < 1.29 is 23.8 Å². The molecule has 12 heteroatoms. The molecule has 46 heavy (non-hydrogen) atoms. The number of aliphatic imine (C=N–C) groups is 1. The number of azide groups is 1. The lowest BCUT2D eigenvalue weighted by molar-refractivity contribution is -0.130. The quantitative estimate of drug-likeness (QED) is 0.0448. The van der Waals surface area contributed by atoms with Gasteiger partial charge in [0.15, 0.2) is 11.6 Å². The lowest BCUT2D eigenvalue weighted by Gasteiger charge is -2.31. The van der Waals surface area contributed by atoms with Gasteiger partial charge in [-0.3, -0.25) is 10.2 Å². The van der Waals surface area contributed by atoms with Crippen molar-refractivity contribution in [1.82, 2.24) is 10.9 Å². The molecule has 0 aromatic heterocycles. The van der Waals surface area contributed by atoms with Crippen LogP contribution in [0.15, 0.2) is 112 Å². The van der Waals surface area contributed by atoms with Crippen molar-refractivity contribution >= 4 is 33.4 Å². The van der Waals surface area contributed by atoms with Crippen LogP contribution in [0.25, 0.3) is 10.4 Å². The molecule has 4 aromatic carbocycles. The van der Waals surface area contributed by atoms with Gasteiger partial charge in [0.2, 0.25) is 5.90 Å². The number of aliphatic hydroxyl groups is 1. The maximum Gasteiger partial charge on any atom is 0.266 e. The Morgan fingerprint density at radius 3 is 2.54 bits per heavy atom. The van der Waals surface area contributed by atoms with E-state index in [1.807, 2.05) is 24.3 Å². The van der Waals surface area contributed by atoms with Crippen LogP contribution < -0.4 is 15.6 Å². The summed E-state index contributed by atoms with van der Waals surface area (Å²) in [5, 5.41) is 12.9. The summed E-state index contributed by atoms with van der Waals surface area (Å²) in [5.74, 6) is 0.0317. The molecule has 2 atom stereocenters. The molecule has 0 fully saturated rings. The summed E-state index contributed by atoms with van der Waals surface area (Å²) in [6, 6.07) is 28.0. The van der Waals surface area contributed by atoms with Gasteiger partial charge in [0, 0.05) is 52.2 Å². The number of rotatable bonds is 14. The van der Waals surface area contributed by atoms with E-state index in [1.54, 1.807) is 66.7 Å². The summed E-state index contributed by atoms with van der Waals surface area (Å²) in [4.78, 5) is 22.3. The largest absolute Gasteiger partial charge is 0.494 e. The standard InChI is InChI=1S/C34H32BrFN6O4/c35-26-14-10-23(11-15-26)22-34(33(44)41-38-19-18-24-6-1-3-8-29(24)36)31(28-7-2-4-9-30(28)40-42-37)46-32(39-34)25-12-16-27(17-13-25)45-21-5-20-43/h1-4,6-17,31,38,43H,5,18-22H2,(H,41,44)/t31-,34-/m0/s1. The number of amides is 1. The Labute approximate surface area is 274 Å². The van der Waals surface area contributed by atoms with E-state index >= 15 is 0 Å². The predicted molar refractivity (Wildman–Crippen MR) is 176 cm³/mol. The van der Waals surface area contributed by atoms with Gasteiger partial charge < -0.3 is 14.6 Å². The Kier molecular flexibility index (Phi) is 11.0. The molecule has 1 aliphatic heterocycles. The Balaban J connectivity index is 1.52. The molecular weight excluding hydrogens is 655 g/mol. The zero-order chi connectivity index (χ0) is 32.4. The minimum absolute atomic E-state index is 0.0297. The van der Waals surface area contributed by atoms with Crippen molar-refractivity contribution in [2.24, 2.45) is 10.1 Å². The van der Waals surface area contributed by atoms with Crippen LogP contribution >= 0.6 is 15.9 Å². The van der Waals surface area contributed by atoms with Gasteiger partial charge in [-0.05, 0) is 65.5 Å². The molecule has 0 aliphatic carbocycles. The second-order valence-electron chi connectivity index (χ2n) is 10.6. The third-order valence-electron chi connectivity index (χ3n) is 7.47. The fourth-order valence-electron chi connectivity index (χ4n) is 5.17. The molecule has 3 N–H and O–H groups in total. The minimum atomic E-state index is -1.55. The average Bonchev–Trinajstić information content (AvgIpc) is 3.46. The summed E-state index contributed by atoms with van der Waals surface area (Å²) in [6.07, 6.45) is 0.00319. The number of benzene rings is 4. The van der Waals surface area contributed by atoms with E-state index in [9.17, 15) is 14.7 Å². The fraction of sp³-hybridized carbons (Fsp3) is 0.235. The molecule has 0 bridgehead atoms. The van der Waals surface area contributed by atoms with E-state index in [2.05, 4.69) is 36.8 Å². The first-order valence-electron chi connectivity index (χ1n) is 14.7. The van der Waals surface area contributed by atoms with Crippen LogP contribution in [0.4, 0.5) is 10.1 Å². The molecule has 1 amide bonds. The van der Waals surface area contributed by atoms with Crippen LogP contribution in [-0.4, -0.2) is 42.2 Å². The Bertz CT molecular complexity index is 1730. The fourth-order valence-corrected chi connectivity index (χ4v) is 5.43. The molecule has 0 saturated heterocycles. The zero-order valence-corrected chi connectivity index (χ0v) is 26.4. The van der Waals surface area contributed by atoms with Crippen molar-refractivity contribution in [3.8, 4) is 5.75 Å². The molecule has 0 saturated carbocycles. The number of hydrogen-bond acceptors (Lipinski definition) is 7. The lowest BCUT2D eigenvalue weighted by Crippen LogP contribution is -2.54. The highest BCUT2D eigenvalue weighted by Crippen LogP contribution is 2.45. The molecule has 1 aliphatic rings. The maximum absolute atomic E-state index is 14.4. The molecule has 236 valence electrons. The molecule has 1 heterocycles. The van der Waals surface area contributed by atoms with Crippen LogP contribution in [0.2, 0.25) is 0 Å². The van der Waals surface area contributed by atoms with E-state index in [-0.39, 0.29) is 31.3 Å². The number of ether oxygens (including phenoxy) is 2. The number of nitrogens with one attached hydrogen (secondary N) is 2. The number of carbonyl (C=O) groups excluding carboxylic acids is 1. The van der Waals surface area contributed by atoms with Crippen molar-refractivity contribution in [2.45, 2.75) is 30.9 Å². The zero-order valence-electron chi connectivity index (χ0n) is 24.8. The Hall–Kier alpha value is -4.74. The minimum Gasteiger partial charge on any atom is -0.494 e. The number of halogens is 2. The number of carbonyl (C=O) groups is 1. The molecule has 10 nitrogen and oxygen atoms in total. The molecule has 0 unspecified atom stereocenters. The van der Waals surface area contributed by atoms with E-state index < -0.39 is 17.6 Å². The Morgan fingerprint density at radius 2 is 1.80 bits per heavy atom. The number of nitrogens with zero attached hydrogens (tertiary/aromatic N) is 4. The van der Waals surface area contributed by atoms with Gasteiger partial charge in [-0.1, -0.05) is 75.6 Å². The molecule has 5 rings (SSSR count). The molecular formula is C34H32BrFN6O4. The first-order chi connectivity index (χ1) is 22.4. The smallest absolute Gasteiger partial charge is 0.266 e. The van der Waals surface area contributed by atoms with Gasteiger partial charge in [0.05, 0.1) is 6.61 Å². The first kappa shape index (κ1) is 32.6. The van der Waals surface area contributed by atoms with E-state index in [4.69, 9.17) is 19.6 Å². The van der Waals surface area contributed by atoms with E-state index in [0.717, 1.165) is 10.0 Å². The van der Waals surface area contributed by atoms with Crippen LogP contribution in [0.1, 0.15) is 34.8 Å². The monoisotopic (exact) mass is 686 g/mol. The normalized spacial score (nSPS) is 17.0. The van der Waals surface area contributed by atoms with Crippen LogP contribution in [0.3, 0.4) is 0 Å². The van der Waals surface area contributed by atoms with Crippen LogP contribution in [-0.2, 0) is 22.4 Å². The number of aliphatic hydroxyl groups excluding tert-OH is 1. The van der Waals surface area contributed by atoms with Gasteiger partial charge in [-0.25, -0.2) is 14.8 Å². The van der Waals surface area contributed by atoms with Crippen LogP contribution in [0.5, 0.6) is 5.75 Å². The highest BCUT2D eigenvalue weighted by atomic mass is 79.9. The highest BCUT2D eigenvalue weighted by molar-refractivity contribution is 9.10. The number of hydrogen-bond donors (Lipinski definition) is 3. The topological polar surface area (TPSA) is 141 Å². The third-order valence-corrected chi connectivity index (χ3v) is 8.00. The van der Waals surface area contributed by atoms with Gasteiger partial charge in [0.1, 0.15) is 11.6 Å². The van der Waals surface area contributed by atoms with Gasteiger partial charge in [0.25, 0.3) is 5.91 Å². The Morgan fingerprint density at radius 1 is 1.07 bits per heavy atom. The third kappa shape index (κ3) is 7.72. The molecule has 0 spiro atoms. The predicted octanol–water partition coefficient (Wildman–Crippen LogP) is 6.65. The van der Waals surface area contributed by atoms with Crippen molar-refractivity contribution in [1.29, 1.82) is 0 Å². The SMILES string of the molecule is [N-]=[N+]=Nc1ccccc1[C@@H]1OC(c2ccc(OCCCO)cc2)=N[C@]1(Cc1ccc(Br)cc1)C(=O)NNCCc1ccccc1F.